The van der Waals surface area contributed by atoms with Crippen LogP contribution in [-0.4, -0.2) is 26.3 Å². The number of carbonyl (C=O) groups is 2. The Balaban J connectivity index is 1.31. The number of nitrogens with zero attached hydrogens (tertiary/aromatic N) is 3. The summed E-state index contributed by atoms with van der Waals surface area (Å²) in [4.78, 5) is 37.2. The Morgan fingerprint density at radius 2 is 1.67 bits per heavy atom. The van der Waals surface area contributed by atoms with E-state index in [0.29, 0.717) is 17.9 Å². The molecule has 9 nitrogen and oxygen atoms in total. The highest BCUT2D eigenvalue weighted by Gasteiger charge is 2.18. The van der Waals surface area contributed by atoms with Gasteiger partial charge in [0.2, 0.25) is 5.91 Å². The number of hydrogen-bond donors (Lipinski definition) is 3. The monoisotopic (exact) mass is 448 g/mol. The normalized spacial score (nSPS) is 14.0. The molecule has 0 fully saturated rings. The zero-order chi connectivity index (χ0) is 23.2. The van der Waals surface area contributed by atoms with Crippen molar-refractivity contribution in [1.82, 2.24) is 19.7 Å². The largest absolute Gasteiger partial charge is 0.348 e. The number of anilines is 2. The number of hydrogen-bond acceptors (Lipinski definition) is 4. The Hall–Kier alpha value is -3.88. The van der Waals surface area contributed by atoms with Crippen LogP contribution in [0.5, 0.6) is 0 Å². The van der Waals surface area contributed by atoms with Crippen molar-refractivity contribution in [1.29, 1.82) is 0 Å². The van der Waals surface area contributed by atoms with Crippen LogP contribution in [0.1, 0.15) is 43.6 Å². The average molecular weight is 449 g/mol. The number of amides is 3. The lowest BCUT2D eigenvalue weighted by Gasteiger charge is -2.15. The molecule has 0 radical (unpaired) electrons. The van der Waals surface area contributed by atoms with E-state index in [4.69, 9.17) is 0 Å². The van der Waals surface area contributed by atoms with E-state index in [0.717, 1.165) is 37.1 Å². The van der Waals surface area contributed by atoms with Gasteiger partial charge in [0.15, 0.2) is 0 Å². The molecule has 1 aromatic heterocycles. The van der Waals surface area contributed by atoms with E-state index in [1.165, 1.54) is 4.68 Å². The van der Waals surface area contributed by atoms with E-state index in [1.807, 2.05) is 37.3 Å². The predicted octanol–water partition coefficient (Wildman–Crippen LogP) is 3.29. The smallest absolute Gasteiger partial charge is 0.346 e. The lowest BCUT2D eigenvalue weighted by atomic mass is 10.1. The second kappa shape index (κ2) is 10.2. The second-order valence-corrected chi connectivity index (χ2v) is 8.18. The summed E-state index contributed by atoms with van der Waals surface area (Å²) in [6, 6.07) is 15.8. The first kappa shape index (κ1) is 22.3. The second-order valence-electron chi connectivity index (χ2n) is 8.18. The van der Waals surface area contributed by atoms with Gasteiger partial charge in [-0.1, -0.05) is 36.8 Å². The van der Waals surface area contributed by atoms with Crippen molar-refractivity contribution in [3.8, 4) is 0 Å². The molecule has 2 aromatic carbocycles. The molecule has 1 unspecified atom stereocenters. The fourth-order valence-corrected chi connectivity index (χ4v) is 3.90. The standard InChI is InChI=1S/C24H28N6O3/c1-17(25-22(31)16-30-24(33)29-15-7-3-6-10-21(29)28-30)18-11-13-20(14-12-18)27-23(32)26-19-8-4-2-5-9-19/h2,4-5,8-9,11-14,17H,3,6-7,10,15-16H2,1H3,(H,25,31)(H2,26,27,32). The van der Waals surface area contributed by atoms with Gasteiger partial charge >= 0.3 is 11.7 Å². The number of rotatable bonds is 6. The third-order valence-corrected chi connectivity index (χ3v) is 5.65. The number of carbonyl (C=O) groups excluding carboxylic acids is 2. The predicted molar refractivity (Wildman–Crippen MR) is 126 cm³/mol. The van der Waals surface area contributed by atoms with Gasteiger partial charge in [-0.3, -0.25) is 9.36 Å². The van der Waals surface area contributed by atoms with Crippen molar-refractivity contribution in [2.24, 2.45) is 0 Å². The van der Waals surface area contributed by atoms with Gasteiger partial charge in [0.25, 0.3) is 0 Å². The SMILES string of the molecule is CC(NC(=O)Cn1nc2n(c1=O)CCCCC2)c1ccc(NC(=O)Nc2ccccc2)cc1. The first-order valence-corrected chi connectivity index (χ1v) is 11.2. The summed E-state index contributed by atoms with van der Waals surface area (Å²) >= 11 is 0. The molecule has 1 aliphatic heterocycles. The lowest BCUT2D eigenvalue weighted by Crippen LogP contribution is -2.35. The molecule has 9 heteroatoms. The number of nitrogens with one attached hydrogen (secondary N) is 3. The molecule has 3 N–H and O–H groups in total. The van der Waals surface area contributed by atoms with E-state index >= 15 is 0 Å². The van der Waals surface area contributed by atoms with Crippen LogP contribution >= 0.6 is 0 Å². The Labute approximate surface area is 191 Å². The molecule has 1 atom stereocenters. The van der Waals surface area contributed by atoms with Crippen LogP contribution in [0.2, 0.25) is 0 Å². The summed E-state index contributed by atoms with van der Waals surface area (Å²) in [6.07, 6.45) is 3.83. The van der Waals surface area contributed by atoms with Gasteiger partial charge in [0, 0.05) is 24.3 Å². The van der Waals surface area contributed by atoms with E-state index in [9.17, 15) is 14.4 Å². The molecule has 0 saturated carbocycles. The summed E-state index contributed by atoms with van der Waals surface area (Å²) in [5, 5.41) is 12.8. The quantitative estimate of drug-likeness (QED) is 0.537. The molecule has 172 valence electrons. The number of urea groups is 1. The molecule has 3 amide bonds. The Morgan fingerprint density at radius 1 is 0.970 bits per heavy atom. The van der Waals surface area contributed by atoms with Crippen molar-refractivity contribution in [3.05, 3.63) is 76.5 Å². The fourth-order valence-electron chi connectivity index (χ4n) is 3.90. The van der Waals surface area contributed by atoms with Crippen LogP contribution in [0.4, 0.5) is 16.2 Å². The first-order valence-electron chi connectivity index (χ1n) is 11.2. The van der Waals surface area contributed by atoms with E-state index in [1.54, 1.807) is 28.8 Å². The van der Waals surface area contributed by atoms with Gasteiger partial charge in [0.05, 0.1) is 6.04 Å². The number of aromatic nitrogens is 3. The van der Waals surface area contributed by atoms with Crippen molar-refractivity contribution >= 4 is 23.3 Å². The van der Waals surface area contributed by atoms with Crippen LogP contribution in [0.25, 0.3) is 0 Å². The maximum absolute atomic E-state index is 12.5. The van der Waals surface area contributed by atoms with Crippen molar-refractivity contribution in [2.75, 3.05) is 10.6 Å². The maximum atomic E-state index is 12.5. The van der Waals surface area contributed by atoms with Gasteiger partial charge in [-0.25, -0.2) is 14.3 Å². The first-order chi connectivity index (χ1) is 16.0. The van der Waals surface area contributed by atoms with Crippen LogP contribution in [0.3, 0.4) is 0 Å². The van der Waals surface area contributed by atoms with Gasteiger partial charge in [0.1, 0.15) is 12.4 Å². The minimum atomic E-state index is -0.334. The van der Waals surface area contributed by atoms with E-state index in [-0.39, 0.29) is 30.2 Å². The third-order valence-electron chi connectivity index (χ3n) is 5.65. The zero-order valence-corrected chi connectivity index (χ0v) is 18.6. The summed E-state index contributed by atoms with van der Waals surface area (Å²) in [7, 11) is 0. The Kier molecular flexibility index (Phi) is 6.87. The minimum absolute atomic E-state index is 0.109. The summed E-state index contributed by atoms with van der Waals surface area (Å²) in [5.41, 5.74) is 2.00. The molecule has 1 aliphatic rings. The molecule has 4 rings (SSSR count). The van der Waals surface area contributed by atoms with Crippen molar-refractivity contribution in [3.63, 3.8) is 0 Å². The van der Waals surface area contributed by atoms with Crippen molar-refractivity contribution in [2.45, 2.75) is 51.7 Å². The Bertz CT molecular complexity index is 1170. The van der Waals surface area contributed by atoms with Crippen molar-refractivity contribution < 1.29 is 9.59 Å². The molecule has 0 bridgehead atoms. The molecule has 3 aromatic rings. The lowest BCUT2D eigenvalue weighted by molar-refractivity contribution is -0.122. The number of aryl methyl sites for hydroxylation is 1. The maximum Gasteiger partial charge on any atom is 0.346 e. The van der Waals surface area contributed by atoms with Crippen LogP contribution in [0, 0.1) is 0 Å². The molecule has 0 spiro atoms. The van der Waals surface area contributed by atoms with Gasteiger partial charge < -0.3 is 16.0 Å². The fraction of sp³-hybridized carbons (Fsp3) is 0.333. The molecule has 0 saturated heterocycles. The zero-order valence-electron chi connectivity index (χ0n) is 18.6. The molecule has 2 heterocycles. The highest BCUT2D eigenvalue weighted by atomic mass is 16.2. The van der Waals surface area contributed by atoms with Gasteiger partial charge in [-0.15, -0.1) is 0 Å². The Morgan fingerprint density at radius 3 is 2.39 bits per heavy atom. The topological polar surface area (TPSA) is 110 Å². The highest BCUT2D eigenvalue weighted by Crippen LogP contribution is 2.17. The third kappa shape index (κ3) is 5.68. The van der Waals surface area contributed by atoms with Crippen LogP contribution in [-0.2, 0) is 24.3 Å². The summed E-state index contributed by atoms with van der Waals surface area (Å²) in [5.74, 6) is 0.486. The highest BCUT2D eigenvalue weighted by molar-refractivity contribution is 5.99. The average Bonchev–Trinajstić information content (AvgIpc) is 2.95. The minimum Gasteiger partial charge on any atom is -0.348 e. The molecular weight excluding hydrogens is 420 g/mol. The summed E-state index contributed by atoms with van der Waals surface area (Å²) < 4.78 is 2.93. The summed E-state index contributed by atoms with van der Waals surface area (Å²) in [6.45, 7) is 2.42. The number of fused-ring (bicyclic) bond motifs is 1. The van der Waals surface area contributed by atoms with Crippen LogP contribution < -0.4 is 21.6 Å². The van der Waals surface area contributed by atoms with Crippen LogP contribution in [0.15, 0.2) is 59.4 Å². The number of benzene rings is 2. The van der Waals surface area contributed by atoms with E-state index < -0.39 is 0 Å². The van der Waals surface area contributed by atoms with E-state index in [2.05, 4.69) is 21.0 Å². The molecule has 0 aliphatic carbocycles. The number of para-hydroxylation sites is 1. The van der Waals surface area contributed by atoms with Gasteiger partial charge in [-0.2, -0.15) is 5.10 Å². The molecule has 33 heavy (non-hydrogen) atoms. The molecular formula is C24H28N6O3. The van der Waals surface area contributed by atoms with Gasteiger partial charge in [-0.05, 0) is 49.6 Å².